The number of nitrogens with zero attached hydrogens (tertiary/aromatic N) is 2. The monoisotopic (exact) mass is 286 g/mol. The zero-order chi connectivity index (χ0) is 15.4. The Balaban J connectivity index is 0.000000154. The van der Waals surface area contributed by atoms with E-state index in [4.69, 9.17) is 0 Å². The maximum Gasteiger partial charge on any atom is 0.0795 e. The Hall–Kier alpha value is -2.74. The van der Waals surface area contributed by atoms with Crippen LogP contribution >= 0.6 is 0 Å². The first-order chi connectivity index (χ1) is 10.8. The molecule has 4 rings (SSSR count). The molecule has 0 radical (unpaired) electrons. The summed E-state index contributed by atoms with van der Waals surface area (Å²) in [5.74, 6) is 0. The van der Waals surface area contributed by atoms with Gasteiger partial charge in [0.1, 0.15) is 0 Å². The molecular weight excluding hydrogens is 268 g/mol. The second kappa shape index (κ2) is 6.35. The van der Waals surface area contributed by atoms with Gasteiger partial charge in [0.15, 0.2) is 0 Å². The van der Waals surface area contributed by atoms with Crippen molar-refractivity contribution < 1.29 is 0 Å². The maximum absolute atomic E-state index is 4.37. The summed E-state index contributed by atoms with van der Waals surface area (Å²) >= 11 is 0. The minimum atomic E-state index is 0.999. The molecule has 108 valence electrons. The SMILES string of the molecule is Cc1ccccc1C.c1cnc2c(c1)ccc1ncccc12. The average Bonchev–Trinajstić information content (AvgIpc) is 2.58. The van der Waals surface area contributed by atoms with Crippen LogP contribution in [0.1, 0.15) is 11.1 Å². The lowest BCUT2D eigenvalue weighted by Crippen LogP contribution is -1.82. The third-order valence-electron chi connectivity index (χ3n) is 3.78. The van der Waals surface area contributed by atoms with Gasteiger partial charge in [-0.2, -0.15) is 0 Å². The molecule has 2 aromatic heterocycles. The quantitative estimate of drug-likeness (QED) is 0.421. The number of hydrogen-bond acceptors (Lipinski definition) is 2. The number of pyridine rings is 2. The first-order valence-corrected chi connectivity index (χ1v) is 7.36. The van der Waals surface area contributed by atoms with E-state index in [9.17, 15) is 0 Å². The van der Waals surface area contributed by atoms with Crippen LogP contribution in [0.5, 0.6) is 0 Å². The first-order valence-electron chi connectivity index (χ1n) is 7.36. The molecule has 0 unspecified atom stereocenters. The molecule has 0 saturated carbocycles. The Morgan fingerprint density at radius 2 is 1.32 bits per heavy atom. The lowest BCUT2D eigenvalue weighted by Gasteiger charge is -2.00. The van der Waals surface area contributed by atoms with Crippen LogP contribution in [0, 0.1) is 13.8 Å². The van der Waals surface area contributed by atoms with Crippen molar-refractivity contribution in [3.63, 3.8) is 0 Å². The van der Waals surface area contributed by atoms with Crippen LogP contribution in [0.15, 0.2) is 73.1 Å². The Labute approximate surface area is 130 Å². The van der Waals surface area contributed by atoms with Crippen molar-refractivity contribution in [3.05, 3.63) is 84.2 Å². The Morgan fingerprint density at radius 1 is 0.636 bits per heavy atom. The van der Waals surface area contributed by atoms with E-state index in [1.807, 2.05) is 24.4 Å². The molecule has 0 amide bonds. The first kappa shape index (κ1) is 14.2. The van der Waals surface area contributed by atoms with E-state index in [-0.39, 0.29) is 0 Å². The van der Waals surface area contributed by atoms with Crippen LogP contribution in [0.2, 0.25) is 0 Å². The Morgan fingerprint density at radius 3 is 2.05 bits per heavy atom. The van der Waals surface area contributed by atoms with Crippen molar-refractivity contribution in [3.8, 4) is 0 Å². The van der Waals surface area contributed by atoms with E-state index in [0.29, 0.717) is 0 Å². The zero-order valence-corrected chi connectivity index (χ0v) is 12.8. The molecule has 2 heteroatoms. The van der Waals surface area contributed by atoms with E-state index in [1.165, 1.54) is 11.1 Å². The van der Waals surface area contributed by atoms with Crippen molar-refractivity contribution in [2.24, 2.45) is 0 Å². The van der Waals surface area contributed by atoms with Crippen molar-refractivity contribution in [2.75, 3.05) is 0 Å². The third-order valence-corrected chi connectivity index (χ3v) is 3.78. The summed E-state index contributed by atoms with van der Waals surface area (Å²) in [6.45, 7) is 4.24. The smallest absolute Gasteiger partial charge is 0.0795 e. The largest absolute Gasteiger partial charge is 0.256 e. The standard InChI is InChI=1S/C12H8N2.C8H10/c1-3-9-5-6-11-10(4-2-7-13-11)12(9)14-8-1;1-7-5-3-4-6-8(7)2/h1-8H;3-6H,1-2H3. The molecule has 2 nitrogen and oxygen atoms in total. The van der Waals surface area contributed by atoms with E-state index in [2.05, 4.69) is 66.3 Å². The van der Waals surface area contributed by atoms with Gasteiger partial charge in [-0.25, -0.2) is 0 Å². The van der Waals surface area contributed by atoms with Crippen LogP contribution < -0.4 is 0 Å². The van der Waals surface area contributed by atoms with Gasteiger partial charge in [-0.05, 0) is 49.2 Å². The summed E-state index contributed by atoms with van der Waals surface area (Å²) in [5.41, 5.74) is 4.76. The van der Waals surface area contributed by atoms with E-state index >= 15 is 0 Å². The normalized spacial score (nSPS) is 10.3. The van der Waals surface area contributed by atoms with Crippen LogP contribution in [-0.4, -0.2) is 9.97 Å². The van der Waals surface area contributed by atoms with Crippen molar-refractivity contribution in [1.29, 1.82) is 0 Å². The Bertz CT molecular complexity index is 837. The van der Waals surface area contributed by atoms with Crippen molar-refractivity contribution in [1.82, 2.24) is 9.97 Å². The van der Waals surface area contributed by atoms with Crippen LogP contribution in [0.4, 0.5) is 0 Å². The highest BCUT2D eigenvalue weighted by molar-refractivity contribution is 6.03. The molecule has 0 aliphatic rings. The highest BCUT2D eigenvalue weighted by Crippen LogP contribution is 2.20. The molecule has 4 aromatic rings. The van der Waals surface area contributed by atoms with Gasteiger partial charge in [-0.3, -0.25) is 9.97 Å². The Kier molecular flexibility index (Phi) is 4.10. The zero-order valence-electron chi connectivity index (χ0n) is 12.8. The summed E-state index contributed by atoms with van der Waals surface area (Å²) in [5, 5.41) is 2.28. The molecule has 2 aromatic carbocycles. The van der Waals surface area contributed by atoms with Gasteiger partial charge in [0.2, 0.25) is 0 Å². The average molecular weight is 286 g/mol. The van der Waals surface area contributed by atoms with Gasteiger partial charge in [-0.15, -0.1) is 0 Å². The minimum absolute atomic E-state index is 0.999. The van der Waals surface area contributed by atoms with Crippen molar-refractivity contribution >= 4 is 21.8 Å². The van der Waals surface area contributed by atoms with Gasteiger partial charge >= 0.3 is 0 Å². The second-order valence-electron chi connectivity index (χ2n) is 5.30. The summed E-state index contributed by atoms with van der Waals surface area (Å²) in [6, 6.07) is 20.4. The topological polar surface area (TPSA) is 25.8 Å². The van der Waals surface area contributed by atoms with Crippen LogP contribution in [-0.2, 0) is 0 Å². The lowest BCUT2D eigenvalue weighted by molar-refractivity contribution is 1.34. The van der Waals surface area contributed by atoms with Gasteiger partial charge < -0.3 is 0 Å². The number of aryl methyl sites for hydroxylation is 2. The molecule has 2 heterocycles. The van der Waals surface area contributed by atoms with Crippen LogP contribution in [0.3, 0.4) is 0 Å². The summed E-state index contributed by atoms with van der Waals surface area (Å²) in [4.78, 5) is 8.66. The third kappa shape index (κ3) is 2.96. The van der Waals surface area contributed by atoms with E-state index < -0.39 is 0 Å². The predicted octanol–water partition coefficient (Wildman–Crippen LogP) is 5.09. The lowest BCUT2D eigenvalue weighted by atomic mass is 10.1. The second-order valence-corrected chi connectivity index (χ2v) is 5.30. The van der Waals surface area contributed by atoms with Gasteiger partial charge in [0.05, 0.1) is 11.0 Å². The molecule has 0 bridgehead atoms. The molecular formula is C20H18N2. The number of fused-ring (bicyclic) bond motifs is 3. The van der Waals surface area contributed by atoms with Crippen molar-refractivity contribution in [2.45, 2.75) is 13.8 Å². The van der Waals surface area contributed by atoms with E-state index in [1.54, 1.807) is 6.20 Å². The molecule has 0 aliphatic heterocycles. The molecule has 22 heavy (non-hydrogen) atoms. The molecule has 0 spiro atoms. The summed E-state index contributed by atoms with van der Waals surface area (Å²) in [7, 11) is 0. The maximum atomic E-state index is 4.37. The van der Waals surface area contributed by atoms with Gasteiger partial charge in [-0.1, -0.05) is 36.4 Å². The van der Waals surface area contributed by atoms with E-state index in [0.717, 1.165) is 21.8 Å². The number of hydrogen-bond donors (Lipinski definition) is 0. The predicted molar refractivity (Wildman–Crippen MR) is 93.0 cm³/mol. The molecule has 0 fully saturated rings. The van der Waals surface area contributed by atoms with Gasteiger partial charge in [0, 0.05) is 23.2 Å². The highest BCUT2D eigenvalue weighted by atomic mass is 14.7. The highest BCUT2D eigenvalue weighted by Gasteiger charge is 1.99. The minimum Gasteiger partial charge on any atom is -0.256 e. The fourth-order valence-electron chi connectivity index (χ4n) is 2.36. The van der Waals surface area contributed by atoms with Gasteiger partial charge in [0.25, 0.3) is 0 Å². The number of aromatic nitrogens is 2. The fraction of sp³-hybridized carbons (Fsp3) is 0.100. The molecule has 0 N–H and O–H groups in total. The molecule has 0 saturated heterocycles. The molecule has 0 aliphatic carbocycles. The van der Waals surface area contributed by atoms with Crippen LogP contribution in [0.25, 0.3) is 21.8 Å². The number of benzene rings is 2. The fourth-order valence-corrected chi connectivity index (χ4v) is 2.36. The number of rotatable bonds is 0. The molecule has 0 atom stereocenters. The summed E-state index contributed by atoms with van der Waals surface area (Å²) in [6.07, 6.45) is 3.62. The summed E-state index contributed by atoms with van der Waals surface area (Å²) < 4.78 is 0.